The summed E-state index contributed by atoms with van der Waals surface area (Å²) in [6, 6.07) is 18.6. The first kappa shape index (κ1) is 22.8. The summed E-state index contributed by atoms with van der Waals surface area (Å²) in [6.45, 7) is 7.52. The molecule has 0 saturated heterocycles. The first-order valence-electron chi connectivity index (χ1n) is 10.8. The van der Waals surface area contributed by atoms with E-state index in [0.717, 1.165) is 16.3 Å². The monoisotopic (exact) mass is 455 g/mol. The molecular weight excluding hydrogens is 430 g/mol. The predicted molar refractivity (Wildman–Crippen MR) is 133 cm³/mol. The van der Waals surface area contributed by atoms with Crippen molar-refractivity contribution in [2.45, 2.75) is 33.1 Å². The molecule has 172 valence electrons. The fraction of sp³-hybridized carbons (Fsp3) is 0.192. The number of aryl methyl sites for hydroxylation is 1. The average Bonchev–Trinajstić information content (AvgIpc) is 2.79. The zero-order valence-electron chi connectivity index (χ0n) is 19.4. The quantitative estimate of drug-likeness (QED) is 0.197. The Balaban J connectivity index is 1.65. The van der Waals surface area contributed by atoms with Crippen LogP contribution in [0.4, 0.5) is 5.95 Å². The second kappa shape index (κ2) is 9.27. The van der Waals surface area contributed by atoms with Crippen LogP contribution in [0, 0.1) is 6.92 Å². The zero-order valence-corrected chi connectivity index (χ0v) is 19.4. The van der Waals surface area contributed by atoms with Crippen LogP contribution in [0.3, 0.4) is 0 Å². The number of nitrogens with zero attached hydrogens (tertiary/aromatic N) is 3. The van der Waals surface area contributed by atoms with Crippen molar-refractivity contribution in [1.29, 1.82) is 0 Å². The molecule has 0 radical (unpaired) electrons. The zero-order chi connectivity index (χ0) is 24.3. The van der Waals surface area contributed by atoms with Crippen molar-refractivity contribution in [3.8, 4) is 5.75 Å². The molecule has 0 bridgehead atoms. The Kier molecular flexibility index (Phi) is 6.23. The minimum absolute atomic E-state index is 0.105. The van der Waals surface area contributed by atoms with Gasteiger partial charge in [0.1, 0.15) is 11.4 Å². The lowest BCUT2D eigenvalue weighted by Gasteiger charge is -2.15. The average molecular weight is 456 g/mol. The Labute approximate surface area is 196 Å². The van der Waals surface area contributed by atoms with Crippen molar-refractivity contribution in [2.75, 3.05) is 5.43 Å². The summed E-state index contributed by atoms with van der Waals surface area (Å²) in [6.07, 6.45) is 1.53. The lowest BCUT2D eigenvalue weighted by molar-refractivity contribution is 0.0734. The van der Waals surface area contributed by atoms with Gasteiger partial charge in [-0.25, -0.2) is 10.2 Å². The number of fused-ring (bicyclic) bond motifs is 1. The van der Waals surface area contributed by atoms with E-state index in [1.165, 1.54) is 6.21 Å². The van der Waals surface area contributed by atoms with Crippen LogP contribution in [-0.2, 0) is 5.41 Å². The number of aromatic amines is 1. The first-order valence-corrected chi connectivity index (χ1v) is 10.8. The second-order valence-corrected chi connectivity index (χ2v) is 8.87. The maximum atomic E-state index is 12.8. The first-order chi connectivity index (χ1) is 16.2. The van der Waals surface area contributed by atoms with Gasteiger partial charge in [-0.05, 0) is 35.4 Å². The van der Waals surface area contributed by atoms with Gasteiger partial charge in [-0.1, -0.05) is 69.3 Å². The number of hydrogen-bond donors (Lipinski definition) is 2. The summed E-state index contributed by atoms with van der Waals surface area (Å²) in [5.74, 6) is 0.0112. The highest BCUT2D eigenvalue weighted by atomic mass is 16.5. The number of aromatic nitrogens is 3. The molecule has 2 N–H and O–H groups in total. The van der Waals surface area contributed by atoms with E-state index in [0.29, 0.717) is 22.6 Å². The maximum absolute atomic E-state index is 12.8. The van der Waals surface area contributed by atoms with Crippen molar-refractivity contribution >= 4 is 28.9 Å². The maximum Gasteiger partial charge on any atom is 0.343 e. The van der Waals surface area contributed by atoms with E-state index >= 15 is 0 Å². The second-order valence-electron chi connectivity index (χ2n) is 8.87. The molecule has 8 nitrogen and oxygen atoms in total. The van der Waals surface area contributed by atoms with Crippen molar-refractivity contribution < 1.29 is 9.53 Å². The van der Waals surface area contributed by atoms with Crippen LogP contribution in [0.25, 0.3) is 10.8 Å². The van der Waals surface area contributed by atoms with Gasteiger partial charge in [0, 0.05) is 11.0 Å². The molecule has 1 aromatic heterocycles. The van der Waals surface area contributed by atoms with Crippen LogP contribution < -0.4 is 15.7 Å². The van der Waals surface area contributed by atoms with E-state index in [9.17, 15) is 9.59 Å². The number of ether oxygens (including phenoxy) is 1. The van der Waals surface area contributed by atoms with Crippen LogP contribution in [0.5, 0.6) is 5.75 Å². The summed E-state index contributed by atoms with van der Waals surface area (Å²) in [5.41, 5.74) is 4.19. The summed E-state index contributed by atoms with van der Waals surface area (Å²) in [5, 5.41) is 14.1. The Morgan fingerprint density at radius 1 is 1.03 bits per heavy atom. The highest BCUT2D eigenvalue weighted by molar-refractivity contribution is 6.04. The van der Waals surface area contributed by atoms with Gasteiger partial charge >= 0.3 is 5.97 Å². The standard InChI is InChI=1S/C26H25N5O3/c1-16-9-5-7-11-18(16)24(33)34-21-14-13-17-10-6-8-12-19(17)20(21)15-27-30-25-28-23(32)22(29-31-25)26(2,3)4/h5-15H,1-4H3,(H2,28,30,31,32). The van der Waals surface area contributed by atoms with Gasteiger partial charge in [0.15, 0.2) is 0 Å². The van der Waals surface area contributed by atoms with Crippen molar-refractivity contribution in [2.24, 2.45) is 5.10 Å². The highest BCUT2D eigenvalue weighted by Crippen LogP contribution is 2.28. The third-order valence-corrected chi connectivity index (χ3v) is 5.27. The Hall–Kier alpha value is -4.33. The molecule has 0 aliphatic carbocycles. The Bertz CT molecular complexity index is 1450. The van der Waals surface area contributed by atoms with Crippen molar-refractivity contribution in [1.82, 2.24) is 15.2 Å². The van der Waals surface area contributed by atoms with Crippen LogP contribution in [0.1, 0.15) is 48.0 Å². The molecule has 0 spiro atoms. The number of benzene rings is 3. The topological polar surface area (TPSA) is 109 Å². The molecular formula is C26H25N5O3. The minimum atomic E-state index is -0.455. The van der Waals surface area contributed by atoms with Gasteiger partial charge in [0.25, 0.3) is 5.56 Å². The van der Waals surface area contributed by atoms with Gasteiger partial charge < -0.3 is 4.74 Å². The third-order valence-electron chi connectivity index (χ3n) is 5.27. The number of hydrazone groups is 1. The largest absolute Gasteiger partial charge is 0.422 e. The number of rotatable bonds is 5. The molecule has 0 aliphatic heterocycles. The molecule has 0 atom stereocenters. The van der Waals surface area contributed by atoms with E-state index in [-0.39, 0.29) is 11.5 Å². The summed E-state index contributed by atoms with van der Waals surface area (Å²) in [7, 11) is 0. The summed E-state index contributed by atoms with van der Waals surface area (Å²) < 4.78 is 5.75. The van der Waals surface area contributed by atoms with E-state index in [4.69, 9.17) is 4.74 Å². The molecule has 4 rings (SSSR count). The van der Waals surface area contributed by atoms with E-state index in [1.54, 1.807) is 18.2 Å². The number of hydrogen-bond acceptors (Lipinski definition) is 7. The van der Waals surface area contributed by atoms with E-state index in [2.05, 4.69) is 25.7 Å². The van der Waals surface area contributed by atoms with Gasteiger partial charge in [-0.2, -0.15) is 5.10 Å². The molecule has 0 unspecified atom stereocenters. The van der Waals surface area contributed by atoms with Gasteiger partial charge in [0.05, 0.1) is 11.8 Å². The summed E-state index contributed by atoms with van der Waals surface area (Å²) in [4.78, 5) is 27.8. The van der Waals surface area contributed by atoms with Crippen molar-refractivity contribution in [3.05, 3.63) is 93.4 Å². The SMILES string of the molecule is Cc1ccccc1C(=O)Oc1ccc2ccccc2c1C=NNc1nnc(C(C)(C)C)c(=O)[nH]1. The Morgan fingerprint density at radius 3 is 2.50 bits per heavy atom. The van der Waals surface area contributed by atoms with Crippen LogP contribution in [0.15, 0.2) is 70.6 Å². The normalized spacial score (nSPS) is 11.6. The third kappa shape index (κ3) is 4.85. The van der Waals surface area contributed by atoms with Crippen molar-refractivity contribution in [3.63, 3.8) is 0 Å². The van der Waals surface area contributed by atoms with E-state index < -0.39 is 11.4 Å². The van der Waals surface area contributed by atoms with Gasteiger partial charge in [-0.15, -0.1) is 10.2 Å². The van der Waals surface area contributed by atoms with E-state index in [1.807, 2.05) is 70.2 Å². The molecule has 34 heavy (non-hydrogen) atoms. The molecule has 3 aromatic carbocycles. The number of esters is 1. The van der Waals surface area contributed by atoms with Gasteiger partial charge in [0.2, 0.25) is 5.95 Å². The highest BCUT2D eigenvalue weighted by Gasteiger charge is 2.20. The van der Waals surface area contributed by atoms with Crippen LogP contribution in [0.2, 0.25) is 0 Å². The number of H-pyrrole nitrogens is 1. The molecule has 0 saturated carbocycles. The summed E-state index contributed by atoms with van der Waals surface area (Å²) >= 11 is 0. The molecule has 0 amide bonds. The smallest absolute Gasteiger partial charge is 0.343 e. The predicted octanol–water partition coefficient (Wildman–Crippen LogP) is 4.59. The van der Waals surface area contributed by atoms with Crippen LogP contribution in [-0.4, -0.2) is 27.4 Å². The lowest BCUT2D eigenvalue weighted by atomic mass is 9.93. The molecule has 0 fully saturated rings. The molecule has 0 aliphatic rings. The number of carbonyl (C=O) groups excluding carboxylic acids is 1. The molecule has 8 heteroatoms. The van der Waals surface area contributed by atoms with Gasteiger partial charge in [-0.3, -0.25) is 9.78 Å². The number of carbonyl (C=O) groups is 1. The number of nitrogens with one attached hydrogen (secondary N) is 2. The molecule has 4 aromatic rings. The number of anilines is 1. The lowest BCUT2D eigenvalue weighted by Crippen LogP contribution is -2.28. The Morgan fingerprint density at radius 2 is 1.76 bits per heavy atom. The minimum Gasteiger partial charge on any atom is -0.422 e. The fourth-order valence-electron chi connectivity index (χ4n) is 3.49. The van der Waals surface area contributed by atoms with Crippen LogP contribution >= 0.6 is 0 Å². The molecule has 1 heterocycles. The fourth-order valence-corrected chi connectivity index (χ4v) is 3.49.